The molecule has 0 spiro atoms. The van der Waals surface area contributed by atoms with Crippen molar-refractivity contribution in [3.8, 4) is 11.5 Å². The Morgan fingerprint density at radius 1 is 1.07 bits per heavy atom. The number of ether oxygens (including phenoxy) is 2. The van der Waals surface area contributed by atoms with E-state index >= 15 is 0 Å². The molecule has 0 bridgehead atoms. The lowest BCUT2D eigenvalue weighted by molar-refractivity contribution is 0.102. The van der Waals surface area contributed by atoms with Gasteiger partial charge in [-0.1, -0.05) is 26.0 Å². The molecule has 0 radical (unpaired) electrons. The Kier molecular flexibility index (Phi) is 8.64. The van der Waals surface area contributed by atoms with E-state index in [4.69, 9.17) is 9.47 Å². The Balaban J connectivity index is 2.20. The second-order valence-electron chi connectivity index (χ2n) is 6.40. The number of hydrogen-bond acceptors (Lipinski definition) is 6. The first kappa shape index (κ1) is 23.7. The average molecular weight is 436 g/mol. The van der Waals surface area contributed by atoms with Crippen molar-refractivity contribution in [1.29, 1.82) is 0 Å². The van der Waals surface area contributed by atoms with Crippen LogP contribution in [0.5, 0.6) is 11.5 Å². The van der Waals surface area contributed by atoms with Crippen LogP contribution in [0.2, 0.25) is 0 Å². The Morgan fingerprint density at radius 2 is 1.77 bits per heavy atom. The molecule has 0 saturated heterocycles. The first-order chi connectivity index (χ1) is 14.4. The topological polar surface area (TPSA) is 97.0 Å². The van der Waals surface area contributed by atoms with Gasteiger partial charge >= 0.3 is 0 Å². The lowest BCUT2D eigenvalue weighted by Crippen LogP contribution is -2.28. The van der Waals surface area contributed by atoms with E-state index < -0.39 is 15.9 Å². The normalized spacial score (nSPS) is 11.4. The summed E-state index contributed by atoms with van der Waals surface area (Å²) in [4.78, 5) is 14.9. The minimum atomic E-state index is -3.79. The van der Waals surface area contributed by atoms with Crippen LogP contribution in [0.15, 0.2) is 47.4 Å². The second kappa shape index (κ2) is 11.0. The molecule has 0 aromatic heterocycles. The zero-order valence-electron chi connectivity index (χ0n) is 17.8. The summed E-state index contributed by atoms with van der Waals surface area (Å²) in [6, 6.07) is 11.4. The SMILES string of the molecule is CCN(CC)CCOc1ccccc1NC(=O)c1ccc(OC)c(S(=O)(=O)NC)c1. The number of anilines is 1. The zero-order chi connectivity index (χ0) is 22.1. The van der Waals surface area contributed by atoms with Gasteiger partial charge < -0.3 is 19.7 Å². The third-order valence-electron chi connectivity index (χ3n) is 4.68. The molecule has 0 aliphatic heterocycles. The first-order valence-corrected chi connectivity index (χ1v) is 11.2. The van der Waals surface area contributed by atoms with Crippen LogP contribution < -0.4 is 19.5 Å². The number of nitrogens with zero attached hydrogens (tertiary/aromatic N) is 1. The van der Waals surface area contributed by atoms with Crippen LogP contribution in [0.4, 0.5) is 5.69 Å². The van der Waals surface area contributed by atoms with Crippen molar-refractivity contribution in [3.05, 3.63) is 48.0 Å². The highest BCUT2D eigenvalue weighted by Gasteiger charge is 2.20. The molecule has 0 saturated carbocycles. The Hall–Kier alpha value is -2.62. The third-order valence-corrected chi connectivity index (χ3v) is 6.11. The minimum absolute atomic E-state index is 0.107. The highest BCUT2D eigenvalue weighted by atomic mass is 32.2. The van der Waals surface area contributed by atoms with E-state index in [0.717, 1.165) is 19.6 Å². The first-order valence-electron chi connectivity index (χ1n) is 9.73. The molecule has 0 unspecified atom stereocenters. The van der Waals surface area contributed by atoms with Gasteiger partial charge in [0, 0.05) is 12.1 Å². The number of hydrogen-bond donors (Lipinski definition) is 2. The fourth-order valence-electron chi connectivity index (χ4n) is 2.85. The number of sulfonamides is 1. The Labute approximate surface area is 178 Å². The van der Waals surface area contributed by atoms with Gasteiger partial charge in [-0.3, -0.25) is 4.79 Å². The number of carbonyl (C=O) groups is 1. The number of nitrogens with one attached hydrogen (secondary N) is 2. The molecule has 0 atom stereocenters. The van der Waals surface area contributed by atoms with E-state index in [0.29, 0.717) is 18.0 Å². The van der Waals surface area contributed by atoms with E-state index in [1.165, 1.54) is 32.4 Å². The molecule has 0 fully saturated rings. The molecule has 9 heteroatoms. The lowest BCUT2D eigenvalue weighted by atomic mass is 10.2. The number of benzene rings is 2. The molecule has 2 aromatic carbocycles. The number of carbonyl (C=O) groups excluding carboxylic acids is 1. The van der Waals surface area contributed by atoms with Gasteiger partial charge in [0.15, 0.2) is 0 Å². The summed E-state index contributed by atoms with van der Waals surface area (Å²) in [6.45, 7) is 7.33. The molecule has 164 valence electrons. The van der Waals surface area contributed by atoms with Crippen molar-refractivity contribution < 1.29 is 22.7 Å². The van der Waals surface area contributed by atoms with Crippen molar-refractivity contribution in [2.45, 2.75) is 18.7 Å². The van der Waals surface area contributed by atoms with Crippen LogP contribution in [0.1, 0.15) is 24.2 Å². The van der Waals surface area contributed by atoms with Gasteiger partial charge in [0.1, 0.15) is 23.0 Å². The maximum absolute atomic E-state index is 12.8. The summed E-state index contributed by atoms with van der Waals surface area (Å²) in [5.41, 5.74) is 0.693. The van der Waals surface area contributed by atoms with Gasteiger partial charge in [-0.25, -0.2) is 13.1 Å². The van der Waals surface area contributed by atoms with Crippen LogP contribution in [-0.4, -0.2) is 59.6 Å². The summed E-state index contributed by atoms with van der Waals surface area (Å²) in [5, 5.41) is 2.79. The summed E-state index contributed by atoms with van der Waals surface area (Å²) < 4.78 is 37.7. The van der Waals surface area contributed by atoms with Crippen molar-refractivity contribution in [1.82, 2.24) is 9.62 Å². The van der Waals surface area contributed by atoms with Gasteiger partial charge in [-0.15, -0.1) is 0 Å². The highest BCUT2D eigenvalue weighted by Crippen LogP contribution is 2.27. The lowest BCUT2D eigenvalue weighted by Gasteiger charge is -2.19. The molecule has 2 N–H and O–H groups in total. The molecule has 0 aliphatic carbocycles. The maximum atomic E-state index is 12.8. The van der Waals surface area contributed by atoms with Crippen LogP contribution in [0.3, 0.4) is 0 Å². The Morgan fingerprint density at radius 3 is 2.40 bits per heavy atom. The summed E-state index contributed by atoms with van der Waals surface area (Å²) in [7, 11) is -1.12. The second-order valence-corrected chi connectivity index (χ2v) is 8.25. The van der Waals surface area contributed by atoms with E-state index in [9.17, 15) is 13.2 Å². The van der Waals surface area contributed by atoms with Gasteiger partial charge in [-0.05, 0) is 50.5 Å². The molecule has 0 aliphatic rings. The van der Waals surface area contributed by atoms with Crippen molar-refractivity contribution in [2.75, 3.05) is 45.7 Å². The molecule has 2 rings (SSSR count). The van der Waals surface area contributed by atoms with Gasteiger partial charge in [0.2, 0.25) is 10.0 Å². The van der Waals surface area contributed by atoms with E-state index in [1.807, 2.05) is 6.07 Å². The van der Waals surface area contributed by atoms with Crippen molar-refractivity contribution in [2.24, 2.45) is 0 Å². The summed E-state index contributed by atoms with van der Waals surface area (Å²) in [5.74, 6) is 0.251. The quantitative estimate of drug-likeness (QED) is 0.563. The number of likely N-dealkylation sites (N-methyl/N-ethyl adjacent to an activating group) is 1. The predicted molar refractivity (Wildman–Crippen MR) is 117 cm³/mol. The largest absolute Gasteiger partial charge is 0.495 e. The van der Waals surface area contributed by atoms with Gasteiger partial charge in [-0.2, -0.15) is 0 Å². The molecule has 30 heavy (non-hydrogen) atoms. The maximum Gasteiger partial charge on any atom is 0.255 e. The molecular weight excluding hydrogens is 406 g/mol. The number of amides is 1. The molecule has 1 amide bonds. The van der Waals surface area contributed by atoms with Crippen LogP contribution in [-0.2, 0) is 10.0 Å². The van der Waals surface area contributed by atoms with E-state index in [-0.39, 0.29) is 16.2 Å². The number of para-hydroxylation sites is 2. The monoisotopic (exact) mass is 435 g/mol. The van der Waals surface area contributed by atoms with E-state index in [1.54, 1.807) is 18.2 Å². The van der Waals surface area contributed by atoms with Crippen LogP contribution in [0.25, 0.3) is 0 Å². The fraction of sp³-hybridized carbons (Fsp3) is 0.381. The zero-order valence-corrected chi connectivity index (χ0v) is 18.6. The van der Waals surface area contributed by atoms with Crippen molar-refractivity contribution >= 4 is 21.6 Å². The number of rotatable bonds is 11. The smallest absolute Gasteiger partial charge is 0.255 e. The Bertz CT molecular complexity index is 959. The molecule has 8 nitrogen and oxygen atoms in total. The minimum Gasteiger partial charge on any atom is -0.495 e. The van der Waals surface area contributed by atoms with Gasteiger partial charge in [0.25, 0.3) is 5.91 Å². The van der Waals surface area contributed by atoms with Crippen LogP contribution in [0, 0.1) is 0 Å². The molecule has 2 aromatic rings. The highest BCUT2D eigenvalue weighted by molar-refractivity contribution is 7.89. The predicted octanol–water partition coefficient (Wildman–Crippen LogP) is 2.58. The summed E-state index contributed by atoms with van der Waals surface area (Å²) >= 11 is 0. The fourth-order valence-corrected chi connectivity index (χ4v) is 3.77. The molecular formula is C21H29N3O5S. The van der Waals surface area contributed by atoms with E-state index in [2.05, 4.69) is 28.8 Å². The number of methoxy groups -OCH3 is 1. The average Bonchev–Trinajstić information content (AvgIpc) is 2.77. The standard InChI is InChI=1S/C21H29N3O5S/c1-5-24(6-2)13-14-29-18-10-8-7-9-17(18)23-21(25)16-11-12-19(28-4)20(15-16)30(26,27)22-3/h7-12,15,22H,5-6,13-14H2,1-4H3,(H,23,25). The van der Waals surface area contributed by atoms with Gasteiger partial charge in [0.05, 0.1) is 12.8 Å². The summed E-state index contributed by atoms with van der Waals surface area (Å²) in [6.07, 6.45) is 0. The van der Waals surface area contributed by atoms with Crippen molar-refractivity contribution in [3.63, 3.8) is 0 Å². The van der Waals surface area contributed by atoms with Crippen LogP contribution >= 0.6 is 0 Å². The molecule has 0 heterocycles. The third kappa shape index (κ3) is 5.94.